The lowest BCUT2D eigenvalue weighted by Gasteiger charge is -2.31. The minimum Gasteiger partial charge on any atom is -0.310 e. The van der Waals surface area contributed by atoms with E-state index >= 15 is 0 Å². The van der Waals surface area contributed by atoms with Crippen LogP contribution in [-0.4, -0.2) is 4.57 Å². The Labute approximate surface area is 374 Å². The van der Waals surface area contributed by atoms with Gasteiger partial charge in [-0.1, -0.05) is 183 Å². The van der Waals surface area contributed by atoms with Gasteiger partial charge in [-0.2, -0.15) is 0 Å². The first-order valence-corrected chi connectivity index (χ1v) is 22.1. The van der Waals surface area contributed by atoms with Gasteiger partial charge in [-0.25, -0.2) is 0 Å². The molecule has 2 aliphatic carbocycles. The third kappa shape index (κ3) is 5.66. The first kappa shape index (κ1) is 37.6. The number of hydrogen-bond acceptors (Lipinski definition) is 1. The standard InChI is InChI=1S/C62H44N2/c1-3-4-24-51-42(2)62(57-27-16-14-25-52(57)53-26-15-17-28-58(53)62)59-40-56-54-38-37-50(63(47-22-12-7-13-23-47)48-33-29-45(30-34-48)43-18-8-5-9-19-43)39-60(54)64(61(56)41-55(51)59)49-35-31-46(32-36-49)44-20-10-6-11-21-44/h3-41H,1H2,2H3/b24-4-. The summed E-state index contributed by atoms with van der Waals surface area (Å²) in [5.41, 5.74) is 21.5. The van der Waals surface area contributed by atoms with Crippen molar-refractivity contribution in [3.8, 4) is 39.1 Å². The predicted octanol–water partition coefficient (Wildman–Crippen LogP) is 16.4. The molecule has 0 aliphatic heterocycles. The Hall–Kier alpha value is -8.20. The second-order valence-corrected chi connectivity index (χ2v) is 16.9. The van der Waals surface area contributed by atoms with Crippen LogP contribution in [0.25, 0.3) is 66.4 Å². The summed E-state index contributed by atoms with van der Waals surface area (Å²) in [6, 6.07) is 80.1. The van der Waals surface area contributed by atoms with Crippen LogP contribution in [-0.2, 0) is 5.41 Å². The number of fused-ring (bicyclic) bond motifs is 10. The zero-order valence-electron chi connectivity index (χ0n) is 35.6. The van der Waals surface area contributed by atoms with Crippen molar-refractivity contribution in [2.75, 3.05) is 4.90 Å². The quantitative estimate of drug-likeness (QED) is 0.139. The van der Waals surface area contributed by atoms with E-state index in [2.05, 4.69) is 254 Å². The van der Waals surface area contributed by atoms with Crippen molar-refractivity contribution in [1.82, 2.24) is 4.57 Å². The summed E-state index contributed by atoms with van der Waals surface area (Å²) in [6.45, 7) is 6.44. The van der Waals surface area contributed by atoms with Crippen molar-refractivity contribution in [3.63, 3.8) is 0 Å². The van der Waals surface area contributed by atoms with E-state index in [9.17, 15) is 0 Å². The Morgan fingerprint density at radius 1 is 0.438 bits per heavy atom. The lowest BCUT2D eigenvalue weighted by atomic mass is 9.70. The minimum atomic E-state index is -0.431. The molecule has 64 heavy (non-hydrogen) atoms. The largest absolute Gasteiger partial charge is 0.310 e. The normalized spacial score (nSPS) is 13.5. The third-order valence-corrected chi connectivity index (χ3v) is 13.6. The average Bonchev–Trinajstić information content (AvgIpc) is 3.93. The molecule has 0 unspecified atom stereocenters. The van der Waals surface area contributed by atoms with Crippen LogP contribution in [0.3, 0.4) is 0 Å². The third-order valence-electron chi connectivity index (χ3n) is 13.6. The highest BCUT2D eigenvalue weighted by Gasteiger charge is 2.51. The van der Waals surface area contributed by atoms with E-state index in [0.717, 1.165) is 28.3 Å². The smallest absolute Gasteiger partial charge is 0.0686 e. The molecule has 302 valence electrons. The van der Waals surface area contributed by atoms with Crippen LogP contribution < -0.4 is 4.90 Å². The maximum Gasteiger partial charge on any atom is 0.0686 e. The fourth-order valence-corrected chi connectivity index (χ4v) is 10.8. The van der Waals surface area contributed by atoms with Gasteiger partial charge in [0.1, 0.15) is 0 Å². The molecule has 12 rings (SSSR count). The second-order valence-electron chi connectivity index (χ2n) is 16.9. The van der Waals surface area contributed by atoms with Gasteiger partial charge < -0.3 is 9.47 Å². The molecule has 2 nitrogen and oxygen atoms in total. The second kappa shape index (κ2) is 15.0. The highest BCUT2D eigenvalue weighted by Crippen LogP contribution is 2.62. The van der Waals surface area contributed by atoms with Crippen molar-refractivity contribution in [2.45, 2.75) is 12.3 Å². The molecule has 0 bridgehead atoms. The molecule has 10 aromatic rings. The van der Waals surface area contributed by atoms with Crippen molar-refractivity contribution < 1.29 is 0 Å². The lowest BCUT2D eigenvalue weighted by molar-refractivity contribution is 0.768. The van der Waals surface area contributed by atoms with Gasteiger partial charge in [-0.05, 0) is 134 Å². The molecule has 1 aromatic heterocycles. The average molecular weight is 817 g/mol. The van der Waals surface area contributed by atoms with Gasteiger partial charge in [0.2, 0.25) is 0 Å². The van der Waals surface area contributed by atoms with Crippen LogP contribution in [0, 0.1) is 0 Å². The highest BCUT2D eigenvalue weighted by molar-refractivity contribution is 6.13. The van der Waals surface area contributed by atoms with E-state index in [1.165, 1.54) is 83.1 Å². The fourth-order valence-electron chi connectivity index (χ4n) is 10.8. The van der Waals surface area contributed by atoms with E-state index in [-0.39, 0.29) is 0 Å². The summed E-state index contributed by atoms with van der Waals surface area (Å²) >= 11 is 0. The van der Waals surface area contributed by atoms with Crippen LogP contribution in [0.2, 0.25) is 0 Å². The summed E-state index contributed by atoms with van der Waals surface area (Å²) in [6.07, 6.45) is 6.25. The van der Waals surface area contributed by atoms with Crippen molar-refractivity contribution in [3.05, 3.63) is 271 Å². The molecule has 0 atom stereocenters. The lowest BCUT2D eigenvalue weighted by Crippen LogP contribution is -2.26. The Kier molecular flexibility index (Phi) is 8.81. The molecular formula is C62H44N2. The number of hydrogen-bond donors (Lipinski definition) is 0. The maximum absolute atomic E-state index is 4.09. The Morgan fingerprint density at radius 3 is 1.55 bits per heavy atom. The molecule has 0 saturated heterocycles. The molecule has 1 heterocycles. The van der Waals surface area contributed by atoms with Gasteiger partial charge in [0, 0.05) is 33.5 Å². The van der Waals surface area contributed by atoms with Gasteiger partial charge in [0.25, 0.3) is 0 Å². The molecule has 0 fully saturated rings. The van der Waals surface area contributed by atoms with Gasteiger partial charge in [-0.15, -0.1) is 0 Å². The fraction of sp³-hybridized carbons (Fsp3) is 0.0323. The highest BCUT2D eigenvalue weighted by atomic mass is 15.1. The van der Waals surface area contributed by atoms with Crippen LogP contribution >= 0.6 is 0 Å². The minimum absolute atomic E-state index is 0.431. The number of benzene rings is 9. The molecule has 0 N–H and O–H groups in total. The number of allylic oxidation sites excluding steroid dienone is 5. The first-order chi connectivity index (χ1) is 31.6. The molecular weight excluding hydrogens is 773 g/mol. The Morgan fingerprint density at radius 2 is 0.938 bits per heavy atom. The van der Waals surface area contributed by atoms with Crippen LogP contribution in [0.15, 0.2) is 249 Å². The molecule has 0 saturated carbocycles. The topological polar surface area (TPSA) is 8.17 Å². The van der Waals surface area contributed by atoms with E-state index < -0.39 is 5.41 Å². The van der Waals surface area contributed by atoms with Crippen LogP contribution in [0.4, 0.5) is 17.1 Å². The Balaban J connectivity index is 1.12. The molecule has 2 heteroatoms. The van der Waals surface area contributed by atoms with Crippen LogP contribution in [0.5, 0.6) is 0 Å². The molecule has 0 amide bonds. The maximum atomic E-state index is 4.09. The monoisotopic (exact) mass is 816 g/mol. The summed E-state index contributed by atoms with van der Waals surface area (Å²) < 4.78 is 2.48. The molecule has 2 aliphatic rings. The van der Waals surface area contributed by atoms with E-state index in [4.69, 9.17) is 0 Å². The molecule has 1 spiro atoms. The van der Waals surface area contributed by atoms with Crippen molar-refractivity contribution in [2.24, 2.45) is 0 Å². The van der Waals surface area contributed by atoms with Crippen molar-refractivity contribution >= 4 is 44.4 Å². The number of aromatic nitrogens is 1. The van der Waals surface area contributed by atoms with E-state index in [0.29, 0.717) is 0 Å². The van der Waals surface area contributed by atoms with E-state index in [1.54, 1.807) is 0 Å². The van der Waals surface area contributed by atoms with Gasteiger partial charge in [0.15, 0.2) is 0 Å². The van der Waals surface area contributed by atoms with Crippen LogP contribution in [0.1, 0.15) is 29.2 Å². The zero-order chi connectivity index (χ0) is 42.8. The summed E-state index contributed by atoms with van der Waals surface area (Å²) in [5.74, 6) is 0. The number of rotatable bonds is 8. The zero-order valence-corrected chi connectivity index (χ0v) is 35.6. The summed E-state index contributed by atoms with van der Waals surface area (Å²) in [5, 5.41) is 2.44. The van der Waals surface area contributed by atoms with Crippen molar-refractivity contribution in [1.29, 1.82) is 0 Å². The number of nitrogens with zero attached hydrogens (tertiary/aromatic N) is 2. The number of anilines is 3. The Bertz CT molecular complexity index is 3440. The predicted molar refractivity (Wildman–Crippen MR) is 270 cm³/mol. The van der Waals surface area contributed by atoms with Gasteiger partial charge in [-0.3, -0.25) is 0 Å². The summed E-state index contributed by atoms with van der Waals surface area (Å²) in [4.78, 5) is 2.38. The molecule has 9 aromatic carbocycles. The SMILES string of the molecule is C=C/C=C\C1=C(C)C2(c3cc4c5ccc(N(c6ccccc6)c6ccc(-c7ccccc7)cc6)cc5n(-c5ccc(-c6ccccc6)cc5)c4cc31)c1ccccc1-c1ccccc12. The first-order valence-electron chi connectivity index (χ1n) is 22.1. The van der Waals surface area contributed by atoms with Gasteiger partial charge >= 0.3 is 0 Å². The molecule has 0 radical (unpaired) electrons. The van der Waals surface area contributed by atoms with Gasteiger partial charge in [0.05, 0.1) is 16.4 Å². The van der Waals surface area contributed by atoms with E-state index in [1.807, 2.05) is 6.08 Å². The number of para-hydroxylation sites is 1. The summed E-state index contributed by atoms with van der Waals surface area (Å²) in [7, 11) is 0.